The highest BCUT2D eigenvalue weighted by Gasteiger charge is 2.10. The van der Waals surface area contributed by atoms with Crippen LogP contribution in [0, 0.1) is 5.92 Å². The number of ether oxygens (including phenoxy) is 1. The predicted octanol–water partition coefficient (Wildman–Crippen LogP) is 2.74. The van der Waals surface area contributed by atoms with Gasteiger partial charge >= 0.3 is 0 Å². The van der Waals surface area contributed by atoms with E-state index in [0.29, 0.717) is 36.9 Å². The van der Waals surface area contributed by atoms with Gasteiger partial charge in [0.1, 0.15) is 0 Å². The molecule has 0 radical (unpaired) electrons. The monoisotopic (exact) mass is 302 g/mol. The van der Waals surface area contributed by atoms with Crippen molar-refractivity contribution in [3.8, 4) is 0 Å². The summed E-state index contributed by atoms with van der Waals surface area (Å²) in [6.07, 6.45) is 5.84. The van der Waals surface area contributed by atoms with Crippen molar-refractivity contribution in [1.29, 1.82) is 0 Å². The molecule has 118 valence electrons. The van der Waals surface area contributed by atoms with Gasteiger partial charge in [0.25, 0.3) is 0 Å². The molecule has 0 aliphatic carbocycles. The second kappa shape index (κ2) is 12.1. The van der Waals surface area contributed by atoms with Crippen molar-refractivity contribution in [2.45, 2.75) is 52.4 Å². The number of nitrogens with two attached hydrogens (primary N) is 1. The fraction of sp³-hybridized carbons (Fsp3) is 0.867. The Morgan fingerprint density at radius 1 is 1.35 bits per heavy atom. The number of carbonyl (C=O) groups is 1. The van der Waals surface area contributed by atoms with Gasteiger partial charge in [0, 0.05) is 26.6 Å². The number of thiocarbonyl (C=S) groups is 1. The molecule has 0 saturated carbocycles. The van der Waals surface area contributed by atoms with Crippen molar-refractivity contribution < 1.29 is 9.53 Å². The van der Waals surface area contributed by atoms with Gasteiger partial charge in [-0.15, -0.1) is 0 Å². The van der Waals surface area contributed by atoms with Crippen molar-refractivity contribution in [3.05, 3.63) is 0 Å². The summed E-state index contributed by atoms with van der Waals surface area (Å²) in [6, 6.07) is 0. The van der Waals surface area contributed by atoms with E-state index in [0.717, 1.165) is 13.0 Å². The third-order valence-corrected chi connectivity index (χ3v) is 3.68. The van der Waals surface area contributed by atoms with Crippen LogP contribution >= 0.6 is 12.2 Å². The van der Waals surface area contributed by atoms with E-state index >= 15 is 0 Å². The lowest BCUT2D eigenvalue weighted by Gasteiger charge is -2.18. The molecule has 20 heavy (non-hydrogen) atoms. The van der Waals surface area contributed by atoms with Crippen LogP contribution in [-0.2, 0) is 9.53 Å². The molecule has 0 aliphatic rings. The molecule has 0 aromatic carbocycles. The van der Waals surface area contributed by atoms with Crippen molar-refractivity contribution in [2.24, 2.45) is 11.7 Å². The molecule has 0 heterocycles. The number of rotatable bonds is 12. The van der Waals surface area contributed by atoms with E-state index in [1.165, 1.54) is 19.3 Å². The lowest BCUT2D eigenvalue weighted by molar-refractivity contribution is -0.131. The third kappa shape index (κ3) is 10.1. The van der Waals surface area contributed by atoms with Gasteiger partial charge in [0.2, 0.25) is 5.91 Å². The Labute approximate surface area is 129 Å². The fourth-order valence-electron chi connectivity index (χ4n) is 1.90. The summed E-state index contributed by atoms with van der Waals surface area (Å²) < 4.78 is 5.63. The van der Waals surface area contributed by atoms with Gasteiger partial charge in [-0.1, -0.05) is 45.3 Å². The van der Waals surface area contributed by atoms with Crippen LogP contribution in [0.5, 0.6) is 0 Å². The SMILES string of the molecule is CCCCC(CC)COCCC(=O)N(C)CCC(N)=S. The summed E-state index contributed by atoms with van der Waals surface area (Å²) in [7, 11) is 1.77. The maximum atomic E-state index is 11.8. The zero-order valence-electron chi connectivity index (χ0n) is 13.2. The summed E-state index contributed by atoms with van der Waals surface area (Å²) in [4.78, 5) is 13.9. The molecule has 5 heteroatoms. The topological polar surface area (TPSA) is 55.6 Å². The van der Waals surface area contributed by atoms with E-state index in [9.17, 15) is 4.79 Å². The Morgan fingerprint density at radius 3 is 2.60 bits per heavy atom. The molecule has 1 amide bonds. The van der Waals surface area contributed by atoms with Gasteiger partial charge in [0.15, 0.2) is 0 Å². The smallest absolute Gasteiger partial charge is 0.224 e. The molecule has 0 aromatic rings. The zero-order chi connectivity index (χ0) is 15.4. The summed E-state index contributed by atoms with van der Waals surface area (Å²) in [5, 5.41) is 0. The zero-order valence-corrected chi connectivity index (χ0v) is 14.0. The van der Waals surface area contributed by atoms with E-state index in [4.69, 9.17) is 22.7 Å². The molecule has 0 saturated heterocycles. The standard InChI is InChI=1S/C15H30N2O2S/c1-4-6-7-13(5-2)12-19-11-9-15(18)17(3)10-8-14(16)20/h13H,4-12H2,1-3H3,(H2,16,20). The van der Waals surface area contributed by atoms with E-state index in [-0.39, 0.29) is 5.91 Å². The highest BCUT2D eigenvalue weighted by atomic mass is 32.1. The summed E-state index contributed by atoms with van der Waals surface area (Å²) >= 11 is 4.80. The number of nitrogens with zero attached hydrogens (tertiary/aromatic N) is 1. The van der Waals surface area contributed by atoms with Crippen LogP contribution in [0.3, 0.4) is 0 Å². The Morgan fingerprint density at radius 2 is 2.05 bits per heavy atom. The first kappa shape index (κ1) is 19.3. The highest BCUT2D eigenvalue weighted by molar-refractivity contribution is 7.80. The molecule has 0 bridgehead atoms. The minimum Gasteiger partial charge on any atom is -0.393 e. The van der Waals surface area contributed by atoms with E-state index in [1.54, 1.807) is 11.9 Å². The Balaban J connectivity index is 3.71. The van der Waals surface area contributed by atoms with Crippen molar-refractivity contribution >= 4 is 23.1 Å². The second-order valence-electron chi connectivity index (χ2n) is 5.27. The van der Waals surface area contributed by atoms with Crippen LogP contribution in [0.2, 0.25) is 0 Å². The van der Waals surface area contributed by atoms with Crippen LogP contribution in [0.15, 0.2) is 0 Å². The number of unbranched alkanes of at least 4 members (excludes halogenated alkanes) is 1. The third-order valence-electron chi connectivity index (χ3n) is 3.48. The number of hydrogen-bond donors (Lipinski definition) is 1. The molecule has 1 unspecified atom stereocenters. The summed E-state index contributed by atoms with van der Waals surface area (Å²) in [5.74, 6) is 0.709. The number of carbonyl (C=O) groups excluding carboxylic acids is 1. The molecule has 0 fully saturated rings. The van der Waals surface area contributed by atoms with Gasteiger partial charge in [-0.2, -0.15) is 0 Å². The molecule has 0 spiro atoms. The van der Waals surface area contributed by atoms with Crippen LogP contribution in [0.1, 0.15) is 52.4 Å². The van der Waals surface area contributed by atoms with E-state index < -0.39 is 0 Å². The molecule has 0 aromatic heterocycles. The summed E-state index contributed by atoms with van der Waals surface area (Å²) in [6.45, 7) is 6.24. The van der Waals surface area contributed by atoms with E-state index in [2.05, 4.69) is 13.8 Å². The fourth-order valence-corrected chi connectivity index (χ4v) is 1.99. The molecule has 0 aliphatic heterocycles. The number of hydrogen-bond acceptors (Lipinski definition) is 3. The van der Waals surface area contributed by atoms with Gasteiger partial charge in [-0.3, -0.25) is 4.79 Å². The first-order chi connectivity index (χ1) is 9.51. The maximum Gasteiger partial charge on any atom is 0.224 e. The van der Waals surface area contributed by atoms with E-state index in [1.807, 2.05) is 0 Å². The minimum absolute atomic E-state index is 0.0860. The maximum absolute atomic E-state index is 11.8. The van der Waals surface area contributed by atoms with Crippen molar-refractivity contribution in [3.63, 3.8) is 0 Å². The molecule has 4 nitrogen and oxygen atoms in total. The summed E-state index contributed by atoms with van der Waals surface area (Å²) in [5.41, 5.74) is 5.42. The number of amides is 1. The highest BCUT2D eigenvalue weighted by Crippen LogP contribution is 2.12. The van der Waals surface area contributed by atoms with Crippen molar-refractivity contribution in [2.75, 3.05) is 26.8 Å². The normalized spacial score (nSPS) is 12.2. The quantitative estimate of drug-likeness (QED) is 0.445. The van der Waals surface area contributed by atoms with Gasteiger partial charge in [0.05, 0.1) is 18.0 Å². The Kier molecular flexibility index (Phi) is 11.7. The molecule has 1 atom stereocenters. The van der Waals surface area contributed by atoms with Crippen LogP contribution in [0.4, 0.5) is 0 Å². The predicted molar refractivity (Wildman–Crippen MR) is 87.8 cm³/mol. The van der Waals surface area contributed by atoms with Crippen molar-refractivity contribution in [1.82, 2.24) is 4.90 Å². The second-order valence-corrected chi connectivity index (χ2v) is 5.80. The van der Waals surface area contributed by atoms with Gasteiger partial charge in [-0.25, -0.2) is 0 Å². The van der Waals surface area contributed by atoms with Gasteiger partial charge in [-0.05, 0) is 12.3 Å². The first-order valence-corrected chi connectivity index (χ1v) is 8.02. The Bertz CT molecular complexity index is 285. The van der Waals surface area contributed by atoms with Gasteiger partial charge < -0.3 is 15.4 Å². The minimum atomic E-state index is 0.0860. The first-order valence-electron chi connectivity index (χ1n) is 7.61. The Hall–Kier alpha value is -0.680. The molecular formula is C15H30N2O2S. The lowest BCUT2D eigenvalue weighted by Crippen LogP contribution is -2.30. The molecular weight excluding hydrogens is 272 g/mol. The average Bonchev–Trinajstić information content (AvgIpc) is 2.43. The van der Waals surface area contributed by atoms with Crippen LogP contribution in [-0.4, -0.2) is 42.6 Å². The average molecular weight is 302 g/mol. The largest absolute Gasteiger partial charge is 0.393 e. The van der Waals surface area contributed by atoms with Crippen LogP contribution in [0.25, 0.3) is 0 Å². The molecule has 0 rings (SSSR count). The lowest BCUT2D eigenvalue weighted by atomic mass is 10.0. The van der Waals surface area contributed by atoms with Crippen LogP contribution < -0.4 is 5.73 Å². The molecule has 2 N–H and O–H groups in total.